The molecule has 182 valence electrons. The zero-order valence-corrected chi connectivity index (χ0v) is 20.5. The van der Waals surface area contributed by atoms with Crippen molar-refractivity contribution in [3.63, 3.8) is 0 Å². The van der Waals surface area contributed by atoms with Gasteiger partial charge in [0.2, 0.25) is 5.91 Å². The monoisotopic (exact) mass is 491 g/mol. The van der Waals surface area contributed by atoms with Crippen LogP contribution in [0.15, 0.2) is 54.7 Å². The number of rotatable bonds is 7. The molecular weight excluding hydrogens is 462 g/mol. The first kappa shape index (κ1) is 23.4. The number of hydrogen-bond donors (Lipinski definition) is 1. The maximum atomic E-state index is 12.8. The number of halogens is 1. The van der Waals surface area contributed by atoms with E-state index in [0.717, 1.165) is 67.2 Å². The second-order valence-corrected chi connectivity index (χ2v) is 9.55. The molecule has 0 atom stereocenters. The molecule has 0 aliphatic carbocycles. The number of amides is 2. The number of aromatic nitrogens is 1. The van der Waals surface area contributed by atoms with Crippen LogP contribution < -0.4 is 15.1 Å². The molecular formula is C27H30ClN5O2. The molecule has 3 aromatic rings. The highest BCUT2D eigenvalue weighted by molar-refractivity contribution is 6.30. The van der Waals surface area contributed by atoms with Gasteiger partial charge in [0.1, 0.15) is 5.82 Å². The van der Waals surface area contributed by atoms with Crippen LogP contribution in [-0.4, -0.2) is 67.5 Å². The molecule has 0 radical (unpaired) electrons. The second kappa shape index (κ2) is 10.5. The van der Waals surface area contributed by atoms with E-state index in [0.29, 0.717) is 25.1 Å². The lowest BCUT2D eigenvalue weighted by atomic mass is 10.1. The minimum Gasteiger partial charge on any atom is -0.368 e. The lowest BCUT2D eigenvalue weighted by Gasteiger charge is -2.37. The molecule has 2 fully saturated rings. The molecule has 5 rings (SSSR count). The van der Waals surface area contributed by atoms with Gasteiger partial charge in [-0.2, -0.15) is 0 Å². The van der Waals surface area contributed by atoms with Crippen LogP contribution in [0.1, 0.15) is 29.6 Å². The van der Waals surface area contributed by atoms with Crippen molar-refractivity contribution >= 4 is 45.7 Å². The Hall–Kier alpha value is -3.32. The van der Waals surface area contributed by atoms with Crippen molar-refractivity contribution in [1.82, 2.24) is 15.2 Å². The molecule has 0 unspecified atom stereocenters. The number of carbonyl (C=O) groups is 2. The van der Waals surface area contributed by atoms with Crippen molar-refractivity contribution in [2.24, 2.45) is 0 Å². The maximum Gasteiger partial charge on any atom is 0.251 e. The van der Waals surface area contributed by atoms with Gasteiger partial charge in [-0.05, 0) is 60.7 Å². The van der Waals surface area contributed by atoms with Gasteiger partial charge in [0.25, 0.3) is 5.91 Å². The molecule has 0 bridgehead atoms. The molecule has 2 aromatic carbocycles. The average molecular weight is 492 g/mol. The van der Waals surface area contributed by atoms with Crippen LogP contribution in [0.25, 0.3) is 10.8 Å². The standard InChI is InChI=1S/C27H30ClN5O2/c28-22-6-8-23(9-7-22)31-15-17-33(18-16-31)26-24-19-21(5-4-20(24)10-12-29-26)27(35)30-11-2-14-32-13-1-3-25(32)34/h4-10,12,19H,1-3,11,13-18H2,(H,30,35). The van der Waals surface area contributed by atoms with E-state index in [9.17, 15) is 9.59 Å². The van der Waals surface area contributed by atoms with Gasteiger partial charge in [0, 0.05) is 80.1 Å². The number of fused-ring (bicyclic) bond motifs is 1. The number of pyridine rings is 1. The van der Waals surface area contributed by atoms with Gasteiger partial charge in [-0.1, -0.05) is 17.7 Å². The summed E-state index contributed by atoms with van der Waals surface area (Å²) in [6.07, 6.45) is 4.18. The highest BCUT2D eigenvalue weighted by atomic mass is 35.5. The Kier molecular flexibility index (Phi) is 7.04. The normalized spacial score (nSPS) is 16.3. The highest BCUT2D eigenvalue weighted by Crippen LogP contribution is 2.28. The molecule has 0 spiro atoms. The molecule has 2 amide bonds. The van der Waals surface area contributed by atoms with Gasteiger partial charge < -0.3 is 20.0 Å². The first-order chi connectivity index (χ1) is 17.1. The number of anilines is 2. The SMILES string of the molecule is O=C(NCCCN1CCCC1=O)c1ccc2ccnc(N3CCN(c4ccc(Cl)cc4)CC3)c2c1. The summed E-state index contributed by atoms with van der Waals surface area (Å²) in [5.74, 6) is 1.04. The van der Waals surface area contributed by atoms with Gasteiger partial charge in [-0.15, -0.1) is 0 Å². The first-order valence-electron chi connectivity index (χ1n) is 12.3. The number of nitrogens with one attached hydrogen (secondary N) is 1. The Bertz CT molecular complexity index is 1210. The Balaban J connectivity index is 1.23. The van der Waals surface area contributed by atoms with E-state index in [1.807, 2.05) is 47.5 Å². The fraction of sp³-hybridized carbons (Fsp3) is 0.370. The lowest BCUT2D eigenvalue weighted by molar-refractivity contribution is -0.127. The van der Waals surface area contributed by atoms with Crippen LogP contribution in [-0.2, 0) is 4.79 Å². The van der Waals surface area contributed by atoms with Gasteiger partial charge in [-0.25, -0.2) is 4.98 Å². The molecule has 2 aliphatic heterocycles. The predicted molar refractivity (Wildman–Crippen MR) is 140 cm³/mol. The zero-order valence-electron chi connectivity index (χ0n) is 19.8. The number of likely N-dealkylation sites (tertiary alicyclic amines) is 1. The average Bonchev–Trinajstić information content (AvgIpc) is 3.31. The third-order valence-electron chi connectivity index (χ3n) is 6.84. The number of benzene rings is 2. The number of hydrogen-bond acceptors (Lipinski definition) is 5. The van der Waals surface area contributed by atoms with Crippen LogP contribution in [0.4, 0.5) is 11.5 Å². The third kappa shape index (κ3) is 5.35. The van der Waals surface area contributed by atoms with Crippen LogP contribution in [0.5, 0.6) is 0 Å². The van der Waals surface area contributed by atoms with Gasteiger partial charge in [0.05, 0.1) is 0 Å². The molecule has 8 heteroatoms. The summed E-state index contributed by atoms with van der Waals surface area (Å²) in [5, 5.41) is 5.80. The maximum absolute atomic E-state index is 12.8. The summed E-state index contributed by atoms with van der Waals surface area (Å²) in [5.41, 5.74) is 1.80. The van der Waals surface area contributed by atoms with E-state index in [1.54, 1.807) is 0 Å². The Morgan fingerprint density at radius 3 is 2.49 bits per heavy atom. The van der Waals surface area contributed by atoms with E-state index >= 15 is 0 Å². The summed E-state index contributed by atoms with van der Waals surface area (Å²) in [6, 6.07) is 15.7. The van der Waals surface area contributed by atoms with E-state index in [4.69, 9.17) is 11.6 Å². The van der Waals surface area contributed by atoms with Crippen LogP contribution in [0, 0.1) is 0 Å². The molecule has 3 heterocycles. The zero-order chi connectivity index (χ0) is 24.2. The van der Waals surface area contributed by atoms with E-state index in [-0.39, 0.29) is 11.8 Å². The minimum absolute atomic E-state index is 0.0954. The Morgan fingerprint density at radius 2 is 1.74 bits per heavy atom. The topological polar surface area (TPSA) is 68.8 Å². The van der Waals surface area contributed by atoms with Gasteiger partial charge >= 0.3 is 0 Å². The molecule has 2 saturated heterocycles. The second-order valence-electron chi connectivity index (χ2n) is 9.11. The van der Waals surface area contributed by atoms with Crippen molar-refractivity contribution < 1.29 is 9.59 Å². The third-order valence-corrected chi connectivity index (χ3v) is 7.09. The van der Waals surface area contributed by atoms with E-state index < -0.39 is 0 Å². The number of carbonyl (C=O) groups excluding carboxylic acids is 2. The van der Waals surface area contributed by atoms with Crippen LogP contribution in [0.2, 0.25) is 5.02 Å². The molecule has 1 N–H and O–H groups in total. The quantitative estimate of drug-likeness (QED) is 0.507. The van der Waals surface area contributed by atoms with Crippen molar-refractivity contribution in [3.05, 3.63) is 65.3 Å². The lowest BCUT2D eigenvalue weighted by Crippen LogP contribution is -2.46. The number of nitrogens with zero attached hydrogens (tertiary/aromatic N) is 4. The smallest absolute Gasteiger partial charge is 0.251 e. The van der Waals surface area contributed by atoms with Crippen molar-refractivity contribution in [3.8, 4) is 0 Å². The molecule has 35 heavy (non-hydrogen) atoms. The van der Waals surface area contributed by atoms with Gasteiger partial charge in [0.15, 0.2) is 0 Å². The van der Waals surface area contributed by atoms with E-state index in [1.165, 1.54) is 5.69 Å². The summed E-state index contributed by atoms with van der Waals surface area (Å²) < 4.78 is 0. The fourth-order valence-corrected chi connectivity index (χ4v) is 5.01. The van der Waals surface area contributed by atoms with Crippen molar-refractivity contribution in [2.45, 2.75) is 19.3 Å². The summed E-state index contributed by atoms with van der Waals surface area (Å²) in [7, 11) is 0. The summed E-state index contributed by atoms with van der Waals surface area (Å²) in [6.45, 7) is 5.56. The summed E-state index contributed by atoms with van der Waals surface area (Å²) in [4.78, 5) is 35.8. The molecule has 7 nitrogen and oxygen atoms in total. The molecule has 1 aromatic heterocycles. The Morgan fingerprint density at radius 1 is 0.971 bits per heavy atom. The number of piperazine rings is 1. The Labute approximate surface area is 210 Å². The first-order valence-corrected chi connectivity index (χ1v) is 12.7. The van der Waals surface area contributed by atoms with Crippen molar-refractivity contribution in [1.29, 1.82) is 0 Å². The largest absolute Gasteiger partial charge is 0.368 e. The predicted octanol–water partition coefficient (Wildman–Crippen LogP) is 3.96. The highest BCUT2D eigenvalue weighted by Gasteiger charge is 2.21. The van der Waals surface area contributed by atoms with Crippen LogP contribution >= 0.6 is 11.6 Å². The van der Waals surface area contributed by atoms with Gasteiger partial charge in [-0.3, -0.25) is 9.59 Å². The fourth-order valence-electron chi connectivity index (χ4n) is 4.89. The minimum atomic E-state index is -0.0954. The van der Waals surface area contributed by atoms with Crippen LogP contribution in [0.3, 0.4) is 0 Å². The molecule has 0 saturated carbocycles. The van der Waals surface area contributed by atoms with Crippen molar-refractivity contribution in [2.75, 3.05) is 55.6 Å². The molecule has 2 aliphatic rings. The van der Waals surface area contributed by atoms with E-state index in [2.05, 4.69) is 32.2 Å². The summed E-state index contributed by atoms with van der Waals surface area (Å²) >= 11 is 6.03.